The van der Waals surface area contributed by atoms with Gasteiger partial charge in [0.05, 0.1) is 29.2 Å². The van der Waals surface area contributed by atoms with Crippen molar-refractivity contribution in [3.8, 4) is 0 Å². The Hall–Kier alpha value is -2.56. The molecule has 1 heterocycles. The SMILES string of the molecule is CN(Cc1ccccn1)c1cccc(C(N)=O)c1N. The molecule has 1 aromatic heterocycles. The fourth-order valence-corrected chi connectivity index (χ4v) is 1.92. The molecule has 2 aromatic rings. The highest BCUT2D eigenvalue weighted by Gasteiger charge is 2.12. The molecule has 0 unspecified atom stereocenters. The summed E-state index contributed by atoms with van der Waals surface area (Å²) in [6.07, 6.45) is 1.74. The second-order valence-electron chi connectivity index (χ2n) is 4.28. The predicted octanol–water partition coefficient (Wildman–Crippen LogP) is 1.40. The van der Waals surface area contributed by atoms with Gasteiger partial charge in [0.2, 0.25) is 0 Å². The van der Waals surface area contributed by atoms with Gasteiger partial charge in [0, 0.05) is 13.2 Å². The molecule has 0 radical (unpaired) electrons. The van der Waals surface area contributed by atoms with Crippen LogP contribution in [0.15, 0.2) is 42.6 Å². The number of nitrogens with two attached hydrogens (primary N) is 2. The number of aromatic nitrogens is 1. The van der Waals surface area contributed by atoms with E-state index in [4.69, 9.17) is 11.5 Å². The van der Waals surface area contributed by atoms with Crippen LogP contribution in [-0.2, 0) is 6.54 Å². The minimum absolute atomic E-state index is 0.338. The Morgan fingerprint density at radius 3 is 2.68 bits per heavy atom. The minimum Gasteiger partial charge on any atom is -0.396 e. The minimum atomic E-state index is -0.523. The van der Waals surface area contributed by atoms with Gasteiger partial charge in [0.15, 0.2) is 0 Å². The van der Waals surface area contributed by atoms with E-state index in [-0.39, 0.29) is 0 Å². The number of amides is 1. The van der Waals surface area contributed by atoms with Gasteiger partial charge in [-0.3, -0.25) is 9.78 Å². The average Bonchev–Trinajstić information content (AvgIpc) is 2.39. The van der Waals surface area contributed by atoms with Crippen molar-refractivity contribution in [2.75, 3.05) is 17.7 Å². The van der Waals surface area contributed by atoms with Gasteiger partial charge in [0.1, 0.15) is 0 Å². The number of rotatable bonds is 4. The quantitative estimate of drug-likeness (QED) is 0.810. The molecule has 4 N–H and O–H groups in total. The van der Waals surface area contributed by atoms with Gasteiger partial charge < -0.3 is 16.4 Å². The van der Waals surface area contributed by atoms with E-state index in [2.05, 4.69) is 4.98 Å². The number of hydrogen-bond donors (Lipinski definition) is 2. The molecule has 19 heavy (non-hydrogen) atoms. The second kappa shape index (κ2) is 5.39. The lowest BCUT2D eigenvalue weighted by Gasteiger charge is -2.21. The smallest absolute Gasteiger partial charge is 0.250 e. The van der Waals surface area contributed by atoms with Crippen molar-refractivity contribution in [1.82, 2.24) is 4.98 Å². The van der Waals surface area contributed by atoms with Crippen LogP contribution in [0.4, 0.5) is 11.4 Å². The first-order chi connectivity index (χ1) is 9.09. The van der Waals surface area contributed by atoms with Crippen molar-refractivity contribution in [2.24, 2.45) is 5.73 Å². The number of pyridine rings is 1. The summed E-state index contributed by atoms with van der Waals surface area (Å²) in [5.74, 6) is -0.523. The highest BCUT2D eigenvalue weighted by atomic mass is 16.1. The van der Waals surface area contributed by atoms with Crippen molar-refractivity contribution >= 4 is 17.3 Å². The zero-order valence-electron chi connectivity index (χ0n) is 10.7. The highest BCUT2D eigenvalue weighted by molar-refractivity contribution is 6.00. The maximum Gasteiger partial charge on any atom is 0.250 e. The lowest BCUT2D eigenvalue weighted by molar-refractivity contribution is 0.100. The van der Waals surface area contributed by atoms with Crippen LogP contribution in [0, 0.1) is 0 Å². The zero-order valence-corrected chi connectivity index (χ0v) is 10.7. The highest BCUT2D eigenvalue weighted by Crippen LogP contribution is 2.26. The molecule has 0 aliphatic carbocycles. The summed E-state index contributed by atoms with van der Waals surface area (Å²) in [4.78, 5) is 17.5. The molecule has 1 aromatic carbocycles. The Morgan fingerprint density at radius 2 is 2.05 bits per heavy atom. The normalized spacial score (nSPS) is 10.2. The molecule has 0 saturated heterocycles. The number of para-hydroxylation sites is 1. The summed E-state index contributed by atoms with van der Waals surface area (Å²) in [7, 11) is 1.89. The molecule has 0 spiro atoms. The summed E-state index contributed by atoms with van der Waals surface area (Å²) >= 11 is 0. The van der Waals surface area contributed by atoms with E-state index in [1.807, 2.05) is 36.2 Å². The van der Waals surface area contributed by atoms with E-state index >= 15 is 0 Å². The standard InChI is InChI=1S/C14H16N4O/c1-18(9-10-5-2-3-8-17-10)12-7-4-6-11(13(12)15)14(16)19/h2-8H,9,15H2,1H3,(H2,16,19). The maximum absolute atomic E-state index is 11.3. The molecule has 5 nitrogen and oxygen atoms in total. The van der Waals surface area contributed by atoms with Gasteiger partial charge in [-0.05, 0) is 24.3 Å². The molecule has 0 aliphatic heterocycles. The van der Waals surface area contributed by atoms with E-state index in [0.717, 1.165) is 11.4 Å². The van der Waals surface area contributed by atoms with Crippen LogP contribution in [-0.4, -0.2) is 17.9 Å². The van der Waals surface area contributed by atoms with E-state index in [1.54, 1.807) is 18.3 Å². The van der Waals surface area contributed by atoms with E-state index in [1.165, 1.54) is 0 Å². The van der Waals surface area contributed by atoms with Crippen LogP contribution in [0.2, 0.25) is 0 Å². The molecule has 2 rings (SSSR count). The van der Waals surface area contributed by atoms with Gasteiger partial charge in [-0.25, -0.2) is 0 Å². The Kier molecular flexibility index (Phi) is 3.66. The Labute approximate surface area is 111 Å². The summed E-state index contributed by atoms with van der Waals surface area (Å²) in [5.41, 5.74) is 13.7. The molecular weight excluding hydrogens is 240 g/mol. The topological polar surface area (TPSA) is 85.2 Å². The first-order valence-electron chi connectivity index (χ1n) is 5.89. The third-order valence-electron chi connectivity index (χ3n) is 2.89. The fourth-order valence-electron chi connectivity index (χ4n) is 1.92. The Morgan fingerprint density at radius 1 is 1.26 bits per heavy atom. The average molecular weight is 256 g/mol. The van der Waals surface area contributed by atoms with E-state index in [0.29, 0.717) is 17.8 Å². The van der Waals surface area contributed by atoms with Crippen LogP contribution in [0.1, 0.15) is 16.1 Å². The number of nitrogen functional groups attached to an aromatic ring is 1. The number of hydrogen-bond acceptors (Lipinski definition) is 4. The molecule has 5 heteroatoms. The first kappa shape index (κ1) is 12.9. The molecular formula is C14H16N4O. The molecule has 0 fully saturated rings. The molecule has 98 valence electrons. The monoisotopic (exact) mass is 256 g/mol. The van der Waals surface area contributed by atoms with Gasteiger partial charge in [-0.15, -0.1) is 0 Å². The lowest BCUT2D eigenvalue weighted by atomic mass is 10.1. The number of benzene rings is 1. The van der Waals surface area contributed by atoms with E-state index in [9.17, 15) is 4.79 Å². The van der Waals surface area contributed by atoms with Crippen LogP contribution < -0.4 is 16.4 Å². The summed E-state index contributed by atoms with van der Waals surface area (Å²) in [5, 5.41) is 0. The number of carbonyl (C=O) groups is 1. The zero-order chi connectivity index (χ0) is 13.8. The van der Waals surface area contributed by atoms with E-state index < -0.39 is 5.91 Å². The van der Waals surface area contributed by atoms with Crippen molar-refractivity contribution in [1.29, 1.82) is 0 Å². The maximum atomic E-state index is 11.3. The lowest BCUT2D eigenvalue weighted by Crippen LogP contribution is -2.21. The Balaban J connectivity index is 2.27. The molecule has 1 amide bonds. The first-order valence-corrected chi connectivity index (χ1v) is 5.89. The summed E-state index contributed by atoms with van der Waals surface area (Å²) in [6.45, 7) is 0.604. The van der Waals surface area contributed by atoms with Crippen molar-refractivity contribution in [3.05, 3.63) is 53.9 Å². The van der Waals surface area contributed by atoms with Gasteiger partial charge >= 0.3 is 0 Å². The number of nitrogens with zero attached hydrogens (tertiary/aromatic N) is 2. The van der Waals surface area contributed by atoms with Crippen LogP contribution in [0.25, 0.3) is 0 Å². The van der Waals surface area contributed by atoms with Crippen molar-refractivity contribution in [3.63, 3.8) is 0 Å². The van der Waals surface area contributed by atoms with Crippen molar-refractivity contribution in [2.45, 2.75) is 6.54 Å². The van der Waals surface area contributed by atoms with Crippen LogP contribution in [0.5, 0.6) is 0 Å². The summed E-state index contributed by atoms with van der Waals surface area (Å²) < 4.78 is 0. The van der Waals surface area contributed by atoms with Gasteiger partial charge in [-0.2, -0.15) is 0 Å². The van der Waals surface area contributed by atoms with Gasteiger partial charge in [-0.1, -0.05) is 12.1 Å². The number of carbonyl (C=O) groups excluding carboxylic acids is 1. The number of primary amides is 1. The predicted molar refractivity (Wildman–Crippen MR) is 75.7 cm³/mol. The largest absolute Gasteiger partial charge is 0.396 e. The van der Waals surface area contributed by atoms with Crippen LogP contribution in [0.3, 0.4) is 0 Å². The number of anilines is 2. The molecule has 0 saturated carbocycles. The third kappa shape index (κ3) is 2.82. The molecule has 0 bridgehead atoms. The third-order valence-corrected chi connectivity index (χ3v) is 2.89. The second-order valence-corrected chi connectivity index (χ2v) is 4.28. The summed E-state index contributed by atoms with van der Waals surface area (Å²) in [6, 6.07) is 11.0. The Bertz CT molecular complexity index is 583. The molecule has 0 aliphatic rings. The van der Waals surface area contributed by atoms with Crippen LogP contribution >= 0.6 is 0 Å². The molecule has 0 atom stereocenters. The van der Waals surface area contributed by atoms with Crippen molar-refractivity contribution < 1.29 is 4.79 Å². The fraction of sp³-hybridized carbons (Fsp3) is 0.143. The van der Waals surface area contributed by atoms with Gasteiger partial charge in [0.25, 0.3) is 5.91 Å².